The summed E-state index contributed by atoms with van der Waals surface area (Å²) in [6.07, 6.45) is 1.81. The van der Waals surface area contributed by atoms with Gasteiger partial charge in [-0.15, -0.1) is 41.4 Å². The average molecular weight is 689 g/mol. The quantitative estimate of drug-likeness (QED) is 0.177. The van der Waals surface area contributed by atoms with E-state index >= 15 is 0 Å². The van der Waals surface area contributed by atoms with Crippen LogP contribution < -0.4 is 14.5 Å². The Labute approximate surface area is 242 Å². The van der Waals surface area contributed by atoms with Crippen molar-refractivity contribution in [3.63, 3.8) is 0 Å². The monoisotopic (exact) mass is 688 g/mol. The van der Waals surface area contributed by atoms with E-state index in [0.717, 1.165) is 44.6 Å². The molecule has 0 N–H and O–H groups in total. The van der Waals surface area contributed by atoms with Crippen LogP contribution in [0.25, 0.3) is 27.6 Å². The van der Waals surface area contributed by atoms with Crippen molar-refractivity contribution < 1.29 is 25.8 Å². The number of benzene rings is 4. The van der Waals surface area contributed by atoms with Crippen LogP contribution in [-0.2, 0) is 21.1 Å². The van der Waals surface area contributed by atoms with E-state index in [0.29, 0.717) is 11.5 Å². The number of rotatable bonds is 4. The Bertz CT molecular complexity index is 1830. The van der Waals surface area contributed by atoms with Gasteiger partial charge in [0.1, 0.15) is 5.82 Å². The van der Waals surface area contributed by atoms with E-state index in [2.05, 4.69) is 108 Å². The molecule has 5 nitrogen and oxygen atoms in total. The first-order chi connectivity index (χ1) is 18.5. The molecule has 6 aromatic rings. The number of hydrogen-bond acceptors (Lipinski definition) is 4. The third-order valence-corrected chi connectivity index (χ3v) is 6.95. The molecule has 0 fully saturated rings. The van der Waals surface area contributed by atoms with E-state index in [9.17, 15) is 0 Å². The molecule has 0 saturated carbocycles. The van der Waals surface area contributed by atoms with Crippen LogP contribution in [0.15, 0.2) is 91.1 Å². The third kappa shape index (κ3) is 4.37. The maximum atomic E-state index is 6.39. The Morgan fingerprint density at radius 2 is 1.62 bits per heavy atom. The molecule has 4 aromatic carbocycles. The Morgan fingerprint density at radius 3 is 2.46 bits per heavy atom. The van der Waals surface area contributed by atoms with Crippen LogP contribution in [0.4, 0.5) is 17.1 Å². The summed E-state index contributed by atoms with van der Waals surface area (Å²) in [5, 5.41) is 2.26. The van der Waals surface area contributed by atoms with Gasteiger partial charge >= 0.3 is 0 Å². The predicted octanol–water partition coefficient (Wildman–Crippen LogP) is 7.89. The molecule has 2 aromatic heterocycles. The maximum absolute atomic E-state index is 6.39. The molecule has 0 atom stereocenters. The van der Waals surface area contributed by atoms with E-state index in [1.165, 1.54) is 11.3 Å². The summed E-state index contributed by atoms with van der Waals surface area (Å²) in [6.45, 7) is 6.27. The van der Waals surface area contributed by atoms with Crippen LogP contribution in [0.5, 0.6) is 11.5 Å². The van der Waals surface area contributed by atoms with Crippen molar-refractivity contribution in [1.29, 1.82) is 0 Å². The van der Waals surface area contributed by atoms with Crippen LogP contribution in [0.3, 0.4) is 0 Å². The van der Waals surface area contributed by atoms with Crippen molar-refractivity contribution in [1.82, 2.24) is 9.55 Å². The second-order valence-electron chi connectivity index (χ2n) is 9.72. The normalized spacial score (nSPS) is 12.6. The molecular weight excluding hydrogens is 663 g/mol. The number of pyridine rings is 1. The minimum Gasteiger partial charge on any atom is -0.509 e. The molecule has 39 heavy (non-hydrogen) atoms. The van der Waals surface area contributed by atoms with E-state index in [1.807, 2.05) is 42.6 Å². The fourth-order valence-corrected chi connectivity index (χ4v) is 5.23. The van der Waals surface area contributed by atoms with Crippen molar-refractivity contribution in [3.05, 3.63) is 121 Å². The van der Waals surface area contributed by atoms with Gasteiger partial charge in [-0.1, -0.05) is 42.8 Å². The van der Waals surface area contributed by atoms with Crippen molar-refractivity contribution in [3.8, 4) is 17.3 Å². The van der Waals surface area contributed by atoms with Crippen molar-refractivity contribution in [2.75, 3.05) is 16.8 Å². The Morgan fingerprint density at radius 1 is 0.769 bits per heavy atom. The van der Waals surface area contributed by atoms with Crippen LogP contribution in [0, 0.1) is 32.6 Å². The summed E-state index contributed by atoms with van der Waals surface area (Å²) >= 11 is 0. The van der Waals surface area contributed by atoms with Crippen molar-refractivity contribution in [2.45, 2.75) is 13.8 Å². The van der Waals surface area contributed by atoms with Gasteiger partial charge in [-0.25, -0.2) is 4.98 Å². The van der Waals surface area contributed by atoms with Gasteiger partial charge in [0, 0.05) is 55.7 Å². The number of fused-ring (bicyclic) bond motifs is 4. The molecule has 6 heteroatoms. The number of ether oxygens (including phenoxy) is 1. The van der Waals surface area contributed by atoms with Gasteiger partial charge in [0.05, 0.1) is 0 Å². The Balaban J connectivity index is 0.00000277. The topological polar surface area (TPSA) is 33.5 Å². The van der Waals surface area contributed by atoms with Gasteiger partial charge in [0.15, 0.2) is 0 Å². The smallest absolute Gasteiger partial charge is 0.135 e. The molecule has 196 valence electrons. The van der Waals surface area contributed by atoms with E-state index in [-0.39, 0.29) is 21.1 Å². The number of nitrogens with zero attached hydrogens (tertiary/aromatic N) is 4. The molecule has 1 aliphatic heterocycles. The fourth-order valence-electron chi connectivity index (χ4n) is 5.23. The summed E-state index contributed by atoms with van der Waals surface area (Å²) in [7, 11) is 2.07. The van der Waals surface area contributed by atoms with Crippen LogP contribution in [0.1, 0.15) is 11.1 Å². The van der Waals surface area contributed by atoms with E-state index in [1.54, 1.807) is 0 Å². The zero-order chi connectivity index (χ0) is 25.8. The second kappa shape index (κ2) is 9.90. The number of hydrogen-bond donors (Lipinski definition) is 0. The average Bonchev–Trinajstić information content (AvgIpc) is 3.43. The zero-order valence-corrected chi connectivity index (χ0v) is 24.0. The van der Waals surface area contributed by atoms with Gasteiger partial charge in [-0.3, -0.25) is 0 Å². The molecule has 0 radical (unpaired) electrons. The molecule has 0 aliphatic carbocycles. The summed E-state index contributed by atoms with van der Waals surface area (Å²) in [5.41, 5.74) is 7.56. The first kappa shape index (κ1) is 25.2. The molecule has 0 spiro atoms. The number of aromatic nitrogens is 2. The Kier molecular flexibility index (Phi) is 6.40. The summed E-state index contributed by atoms with van der Waals surface area (Å²) < 4.78 is 8.53. The van der Waals surface area contributed by atoms with E-state index in [4.69, 9.17) is 4.74 Å². The number of para-hydroxylation sites is 1. The number of aryl methyl sites for hydroxylation is 2. The van der Waals surface area contributed by atoms with Gasteiger partial charge in [-0.05, 0) is 55.3 Å². The number of anilines is 3. The summed E-state index contributed by atoms with van der Waals surface area (Å²) in [4.78, 5) is 8.90. The SMILES string of the molecule is Cc1cc(Oc2[c-]c3c(cc2)c2ccccc2n3-c2ccccn2)[c-]c(N2[CH-]N(C)c3cc(C)ccc32)c1.[Pt]. The zero-order valence-electron chi connectivity index (χ0n) is 21.8. The largest absolute Gasteiger partial charge is 0.509 e. The van der Waals surface area contributed by atoms with Crippen LogP contribution >= 0.6 is 0 Å². The standard InChI is InChI=1S/C33H25N4O.Pt/c1-22-11-14-30-32(18-22)35(3)21-36(30)24-16-23(2)17-26(19-24)38-25-12-13-28-27-8-4-5-9-29(27)37(31(28)20-25)33-10-6-7-15-34-33;/h4-18,21H,1-3H3;/q-3;. The van der Waals surface area contributed by atoms with Crippen molar-refractivity contribution in [2.24, 2.45) is 0 Å². The third-order valence-electron chi connectivity index (χ3n) is 6.95. The van der Waals surface area contributed by atoms with Gasteiger partial charge in [0.2, 0.25) is 0 Å². The van der Waals surface area contributed by atoms with Crippen LogP contribution in [-0.4, -0.2) is 16.6 Å². The van der Waals surface area contributed by atoms with Gasteiger partial charge < -0.3 is 19.1 Å². The molecule has 0 saturated heterocycles. The minimum atomic E-state index is 0. The molecule has 0 bridgehead atoms. The first-order valence-electron chi connectivity index (χ1n) is 12.6. The van der Waals surface area contributed by atoms with Crippen molar-refractivity contribution >= 4 is 38.9 Å². The molecule has 3 heterocycles. The predicted molar refractivity (Wildman–Crippen MR) is 154 cm³/mol. The minimum absolute atomic E-state index is 0. The molecule has 1 aliphatic rings. The van der Waals surface area contributed by atoms with Crippen LogP contribution in [0.2, 0.25) is 0 Å². The molecular formula is C33H25N4OPt-3. The van der Waals surface area contributed by atoms with Gasteiger partial charge in [-0.2, -0.15) is 18.3 Å². The van der Waals surface area contributed by atoms with E-state index < -0.39 is 0 Å². The summed E-state index contributed by atoms with van der Waals surface area (Å²) in [5.74, 6) is 2.12. The molecule has 7 rings (SSSR count). The van der Waals surface area contributed by atoms with Gasteiger partial charge in [0.25, 0.3) is 0 Å². The fraction of sp³-hybridized carbons (Fsp3) is 0.0909. The maximum Gasteiger partial charge on any atom is 0.135 e. The Hall–Kier alpha value is -4.08. The first-order valence-corrected chi connectivity index (χ1v) is 12.6. The second-order valence-corrected chi connectivity index (χ2v) is 9.72. The molecule has 0 unspecified atom stereocenters. The summed E-state index contributed by atoms with van der Waals surface area (Å²) in [6, 6.07) is 36.0. The molecule has 0 amide bonds.